The number of nitrogens with zero attached hydrogens (tertiary/aromatic N) is 3. The van der Waals surface area contributed by atoms with Crippen LogP contribution in [0.1, 0.15) is 29.3 Å². The van der Waals surface area contributed by atoms with Crippen LogP contribution in [0.5, 0.6) is 0 Å². The van der Waals surface area contributed by atoms with E-state index in [0.717, 1.165) is 23.1 Å². The molecule has 0 radical (unpaired) electrons. The van der Waals surface area contributed by atoms with E-state index in [1.165, 1.54) is 5.56 Å². The molecule has 0 spiro atoms. The molecule has 0 aliphatic carbocycles. The van der Waals surface area contributed by atoms with Crippen LogP contribution in [0, 0.1) is 0 Å². The zero-order valence-corrected chi connectivity index (χ0v) is 15.9. The van der Waals surface area contributed by atoms with E-state index in [2.05, 4.69) is 38.5 Å². The molecule has 1 unspecified atom stereocenters. The van der Waals surface area contributed by atoms with Gasteiger partial charge >= 0.3 is 0 Å². The first-order valence-corrected chi connectivity index (χ1v) is 9.04. The lowest BCUT2D eigenvalue weighted by Gasteiger charge is -2.14. The summed E-state index contributed by atoms with van der Waals surface area (Å²) in [6.45, 7) is 2.03. The fourth-order valence-electron chi connectivity index (χ4n) is 2.78. The van der Waals surface area contributed by atoms with Gasteiger partial charge in [-0.15, -0.1) is 0 Å². The van der Waals surface area contributed by atoms with E-state index < -0.39 is 0 Å². The van der Waals surface area contributed by atoms with E-state index >= 15 is 0 Å². The second-order valence-corrected chi connectivity index (χ2v) is 7.05. The number of nitrogens with one attached hydrogen (secondary N) is 1. The molecule has 25 heavy (non-hydrogen) atoms. The van der Waals surface area contributed by atoms with Crippen LogP contribution in [0.4, 0.5) is 0 Å². The van der Waals surface area contributed by atoms with Crippen LogP contribution in [0.25, 0.3) is 5.82 Å². The monoisotopic (exact) mass is 400 g/mol. The van der Waals surface area contributed by atoms with Crippen molar-refractivity contribution in [1.29, 1.82) is 0 Å². The topological polar surface area (TPSA) is 51.9 Å². The largest absolute Gasteiger partial charge is 0.349 e. The van der Waals surface area contributed by atoms with Crippen LogP contribution in [-0.4, -0.2) is 26.3 Å². The predicted molar refractivity (Wildman–Crippen MR) is 102 cm³/mol. The molecule has 1 aromatic carbocycles. The minimum atomic E-state index is -0.0971. The Morgan fingerprint density at radius 3 is 2.60 bits per heavy atom. The summed E-state index contributed by atoms with van der Waals surface area (Å²) in [5.41, 5.74) is 1.84. The van der Waals surface area contributed by atoms with Gasteiger partial charge in [-0.05, 0) is 49.6 Å². The number of halogens is 1. The number of aryl methyl sites for hydroxylation is 2. The van der Waals surface area contributed by atoms with Crippen LogP contribution in [-0.2, 0) is 13.5 Å². The summed E-state index contributed by atoms with van der Waals surface area (Å²) in [6.07, 6.45) is 7.24. The Morgan fingerprint density at radius 2 is 1.92 bits per heavy atom. The SMILES string of the molecule is CC(CCc1ccc(Br)cc1)NC(=O)c1cnn(C)c1-n1cccc1. The van der Waals surface area contributed by atoms with E-state index in [0.29, 0.717) is 5.56 Å². The van der Waals surface area contributed by atoms with Crippen LogP contribution < -0.4 is 5.32 Å². The van der Waals surface area contributed by atoms with Gasteiger partial charge in [0.25, 0.3) is 5.91 Å². The summed E-state index contributed by atoms with van der Waals surface area (Å²) in [4.78, 5) is 12.7. The molecule has 0 aliphatic heterocycles. The van der Waals surface area contributed by atoms with Gasteiger partial charge in [-0.3, -0.25) is 9.48 Å². The third kappa shape index (κ3) is 4.20. The molecule has 0 saturated heterocycles. The Morgan fingerprint density at radius 1 is 1.24 bits per heavy atom. The normalized spacial score (nSPS) is 12.1. The summed E-state index contributed by atoms with van der Waals surface area (Å²) in [5.74, 6) is 0.669. The van der Waals surface area contributed by atoms with Crippen molar-refractivity contribution >= 4 is 21.8 Å². The Labute approximate surface area is 155 Å². The first kappa shape index (κ1) is 17.5. The minimum absolute atomic E-state index is 0.0777. The number of carbonyl (C=O) groups excluding carboxylic acids is 1. The van der Waals surface area contributed by atoms with Gasteiger partial charge in [-0.25, -0.2) is 0 Å². The maximum absolute atomic E-state index is 12.7. The number of amides is 1. The summed E-state index contributed by atoms with van der Waals surface area (Å²) in [5, 5.41) is 7.31. The third-order valence-corrected chi connectivity index (χ3v) is 4.69. The van der Waals surface area contributed by atoms with E-state index in [1.54, 1.807) is 10.9 Å². The van der Waals surface area contributed by atoms with E-state index in [9.17, 15) is 4.79 Å². The highest BCUT2D eigenvalue weighted by atomic mass is 79.9. The highest BCUT2D eigenvalue weighted by Crippen LogP contribution is 2.15. The average Bonchev–Trinajstić information content (AvgIpc) is 3.23. The fourth-order valence-corrected chi connectivity index (χ4v) is 3.05. The molecule has 3 aromatic rings. The highest BCUT2D eigenvalue weighted by molar-refractivity contribution is 9.10. The number of aromatic nitrogens is 3. The summed E-state index contributed by atoms with van der Waals surface area (Å²) < 4.78 is 4.68. The predicted octanol–water partition coefficient (Wildman–Crippen LogP) is 3.72. The Kier molecular flexibility index (Phi) is 5.38. The van der Waals surface area contributed by atoms with Gasteiger partial charge in [0, 0.05) is 30.0 Å². The highest BCUT2D eigenvalue weighted by Gasteiger charge is 2.18. The fraction of sp³-hybridized carbons (Fsp3) is 0.263. The minimum Gasteiger partial charge on any atom is -0.349 e. The molecule has 5 nitrogen and oxygen atoms in total. The lowest BCUT2D eigenvalue weighted by molar-refractivity contribution is 0.0938. The van der Waals surface area contributed by atoms with Gasteiger partial charge < -0.3 is 9.88 Å². The maximum Gasteiger partial charge on any atom is 0.256 e. The van der Waals surface area contributed by atoms with Crippen molar-refractivity contribution < 1.29 is 4.79 Å². The van der Waals surface area contributed by atoms with Crippen LogP contribution in [0.3, 0.4) is 0 Å². The molecule has 2 aromatic heterocycles. The molecule has 0 saturated carbocycles. The van der Waals surface area contributed by atoms with Crippen molar-refractivity contribution in [3.05, 3.63) is 70.6 Å². The molecule has 1 N–H and O–H groups in total. The van der Waals surface area contributed by atoms with Gasteiger partial charge in [0.05, 0.1) is 6.20 Å². The molecule has 1 atom stereocenters. The van der Waals surface area contributed by atoms with Gasteiger partial charge in [-0.2, -0.15) is 5.10 Å². The molecule has 1 amide bonds. The molecule has 0 fully saturated rings. The molecular weight excluding hydrogens is 380 g/mol. The van der Waals surface area contributed by atoms with Gasteiger partial charge in [0.1, 0.15) is 11.4 Å². The van der Waals surface area contributed by atoms with Gasteiger partial charge in [0.15, 0.2) is 0 Å². The van der Waals surface area contributed by atoms with Crippen LogP contribution >= 0.6 is 15.9 Å². The third-order valence-electron chi connectivity index (χ3n) is 4.16. The van der Waals surface area contributed by atoms with Crippen molar-refractivity contribution in [1.82, 2.24) is 19.7 Å². The molecule has 2 heterocycles. The summed E-state index contributed by atoms with van der Waals surface area (Å²) in [6, 6.07) is 12.2. The first-order chi connectivity index (χ1) is 12.0. The molecule has 0 bridgehead atoms. The zero-order chi connectivity index (χ0) is 17.8. The lowest BCUT2D eigenvalue weighted by Crippen LogP contribution is -2.33. The van der Waals surface area contributed by atoms with E-state index in [1.807, 2.05) is 55.2 Å². The molecule has 6 heteroatoms. The van der Waals surface area contributed by atoms with Crippen molar-refractivity contribution in [2.75, 3.05) is 0 Å². The molecule has 130 valence electrons. The Balaban J connectivity index is 1.63. The second-order valence-electron chi connectivity index (χ2n) is 6.14. The first-order valence-electron chi connectivity index (χ1n) is 8.25. The molecule has 0 aliphatic rings. The van der Waals surface area contributed by atoms with Gasteiger partial charge in [0.2, 0.25) is 0 Å². The van der Waals surface area contributed by atoms with Crippen molar-refractivity contribution in [2.24, 2.45) is 7.05 Å². The summed E-state index contributed by atoms with van der Waals surface area (Å²) in [7, 11) is 1.84. The number of hydrogen-bond acceptors (Lipinski definition) is 2. The van der Waals surface area contributed by atoms with E-state index in [-0.39, 0.29) is 11.9 Å². The van der Waals surface area contributed by atoms with Crippen molar-refractivity contribution in [3.63, 3.8) is 0 Å². The standard InChI is InChI=1S/C19H21BrN4O/c1-14(5-6-15-7-9-16(20)10-8-15)22-18(25)17-13-21-23(2)19(17)24-11-3-4-12-24/h3-4,7-14H,5-6H2,1-2H3,(H,22,25). The lowest BCUT2D eigenvalue weighted by atomic mass is 10.1. The van der Waals surface area contributed by atoms with E-state index in [4.69, 9.17) is 0 Å². The van der Waals surface area contributed by atoms with Crippen molar-refractivity contribution in [3.8, 4) is 5.82 Å². The molecule has 3 rings (SSSR count). The zero-order valence-electron chi connectivity index (χ0n) is 14.3. The summed E-state index contributed by atoms with van der Waals surface area (Å²) >= 11 is 3.44. The Bertz CT molecular complexity index is 837. The molecular formula is C19H21BrN4O. The number of hydrogen-bond donors (Lipinski definition) is 1. The number of carbonyl (C=O) groups is 1. The van der Waals surface area contributed by atoms with Gasteiger partial charge in [-0.1, -0.05) is 28.1 Å². The number of benzene rings is 1. The van der Waals surface area contributed by atoms with Crippen LogP contribution in [0.2, 0.25) is 0 Å². The van der Waals surface area contributed by atoms with Crippen LogP contribution in [0.15, 0.2) is 59.5 Å². The van der Waals surface area contributed by atoms with Crippen molar-refractivity contribution in [2.45, 2.75) is 25.8 Å². The Hall–Kier alpha value is -2.34. The quantitative estimate of drug-likeness (QED) is 0.685. The second kappa shape index (κ2) is 7.70. The smallest absolute Gasteiger partial charge is 0.256 e. The average molecular weight is 401 g/mol. The maximum atomic E-state index is 12.7. The number of rotatable bonds is 6.